The van der Waals surface area contributed by atoms with Crippen LogP contribution in [0.3, 0.4) is 0 Å². The van der Waals surface area contributed by atoms with E-state index in [2.05, 4.69) is 10.3 Å². The van der Waals surface area contributed by atoms with E-state index in [1.807, 2.05) is 0 Å². The minimum absolute atomic E-state index is 0.348. The lowest BCUT2D eigenvalue weighted by Gasteiger charge is -2.06. The standard InChI is InChI=1S/C14H12ClN3O2/c1-19-9-3-4-10(15)12(7-9)18-14-17-11-5-2-8(16)6-13(11)20-14/h2-7H,16H2,1H3,(H,17,18). The molecule has 6 heteroatoms. The van der Waals surface area contributed by atoms with E-state index >= 15 is 0 Å². The molecule has 0 bridgehead atoms. The summed E-state index contributed by atoms with van der Waals surface area (Å²) >= 11 is 6.12. The number of halogens is 1. The molecule has 3 rings (SSSR count). The Morgan fingerprint density at radius 3 is 2.90 bits per heavy atom. The van der Waals surface area contributed by atoms with Crippen LogP contribution in [0.2, 0.25) is 5.02 Å². The summed E-state index contributed by atoms with van der Waals surface area (Å²) in [5.41, 5.74) is 8.32. The van der Waals surface area contributed by atoms with E-state index in [0.29, 0.717) is 33.7 Å². The molecule has 1 heterocycles. The van der Waals surface area contributed by atoms with Crippen molar-refractivity contribution in [3.05, 3.63) is 41.4 Å². The van der Waals surface area contributed by atoms with E-state index in [1.165, 1.54) is 0 Å². The van der Waals surface area contributed by atoms with Crippen molar-refractivity contribution in [1.82, 2.24) is 4.98 Å². The van der Waals surface area contributed by atoms with Crippen LogP contribution in [0.15, 0.2) is 40.8 Å². The van der Waals surface area contributed by atoms with Gasteiger partial charge in [0.05, 0.1) is 17.8 Å². The van der Waals surface area contributed by atoms with Gasteiger partial charge in [-0.25, -0.2) is 0 Å². The number of rotatable bonds is 3. The zero-order chi connectivity index (χ0) is 14.1. The summed E-state index contributed by atoms with van der Waals surface area (Å²) in [6.45, 7) is 0. The Morgan fingerprint density at radius 1 is 1.25 bits per heavy atom. The summed E-state index contributed by atoms with van der Waals surface area (Å²) in [5, 5.41) is 3.57. The number of oxazole rings is 1. The van der Waals surface area contributed by atoms with Crippen LogP contribution in [0.4, 0.5) is 17.4 Å². The molecule has 0 radical (unpaired) electrons. The molecular formula is C14H12ClN3O2. The number of hydrogen-bond acceptors (Lipinski definition) is 5. The number of methoxy groups -OCH3 is 1. The first-order valence-corrected chi connectivity index (χ1v) is 6.30. The van der Waals surface area contributed by atoms with Crippen molar-refractivity contribution in [3.63, 3.8) is 0 Å². The van der Waals surface area contributed by atoms with E-state index in [9.17, 15) is 0 Å². The molecule has 5 nitrogen and oxygen atoms in total. The zero-order valence-corrected chi connectivity index (χ0v) is 11.4. The summed E-state index contributed by atoms with van der Waals surface area (Å²) < 4.78 is 10.7. The number of fused-ring (bicyclic) bond motifs is 1. The molecule has 1 aromatic heterocycles. The van der Waals surface area contributed by atoms with Gasteiger partial charge in [-0.3, -0.25) is 0 Å². The van der Waals surface area contributed by atoms with Gasteiger partial charge in [0, 0.05) is 17.8 Å². The number of nitrogen functional groups attached to an aromatic ring is 1. The molecule has 2 aromatic carbocycles. The predicted molar refractivity (Wildman–Crippen MR) is 79.7 cm³/mol. The van der Waals surface area contributed by atoms with Crippen LogP contribution in [0.1, 0.15) is 0 Å². The van der Waals surface area contributed by atoms with Crippen LogP contribution in [-0.2, 0) is 0 Å². The van der Waals surface area contributed by atoms with E-state index in [1.54, 1.807) is 43.5 Å². The van der Waals surface area contributed by atoms with Crippen molar-refractivity contribution in [1.29, 1.82) is 0 Å². The highest BCUT2D eigenvalue weighted by Gasteiger charge is 2.09. The van der Waals surface area contributed by atoms with Crippen LogP contribution >= 0.6 is 11.6 Å². The number of ether oxygens (including phenoxy) is 1. The Labute approximate surface area is 120 Å². The summed E-state index contributed by atoms with van der Waals surface area (Å²) in [6.07, 6.45) is 0. The summed E-state index contributed by atoms with van der Waals surface area (Å²) in [5.74, 6) is 0.692. The molecule has 0 aliphatic heterocycles. The lowest BCUT2D eigenvalue weighted by molar-refractivity contribution is 0.415. The third-order valence-corrected chi connectivity index (χ3v) is 3.16. The molecule has 102 valence electrons. The third-order valence-electron chi connectivity index (χ3n) is 2.83. The minimum Gasteiger partial charge on any atom is -0.497 e. The van der Waals surface area contributed by atoms with Gasteiger partial charge in [0.25, 0.3) is 6.01 Å². The fourth-order valence-corrected chi connectivity index (χ4v) is 2.00. The van der Waals surface area contributed by atoms with Crippen LogP contribution in [0.25, 0.3) is 11.1 Å². The Bertz CT molecular complexity index is 770. The molecule has 0 saturated heterocycles. The van der Waals surface area contributed by atoms with Crippen LogP contribution < -0.4 is 15.8 Å². The van der Waals surface area contributed by atoms with Crippen molar-refractivity contribution in [2.24, 2.45) is 0 Å². The number of aromatic nitrogens is 1. The Morgan fingerprint density at radius 2 is 2.10 bits per heavy atom. The molecule has 0 aliphatic rings. The lowest BCUT2D eigenvalue weighted by atomic mass is 10.3. The van der Waals surface area contributed by atoms with Gasteiger partial charge >= 0.3 is 0 Å². The van der Waals surface area contributed by atoms with Crippen molar-refractivity contribution in [3.8, 4) is 5.75 Å². The summed E-state index contributed by atoms with van der Waals surface area (Å²) in [6, 6.07) is 10.9. The molecule has 3 N–H and O–H groups in total. The first-order chi connectivity index (χ1) is 9.65. The number of nitrogens with zero attached hydrogens (tertiary/aromatic N) is 1. The molecular weight excluding hydrogens is 278 g/mol. The molecule has 0 atom stereocenters. The van der Waals surface area contributed by atoms with Crippen molar-refractivity contribution >= 4 is 40.1 Å². The molecule has 0 fully saturated rings. The maximum Gasteiger partial charge on any atom is 0.300 e. The molecule has 0 unspecified atom stereocenters. The molecule has 20 heavy (non-hydrogen) atoms. The van der Waals surface area contributed by atoms with Crippen molar-refractivity contribution < 1.29 is 9.15 Å². The fraction of sp³-hybridized carbons (Fsp3) is 0.0714. The number of anilines is 3. The summed E-state index contributed by atoms with van der Waals surface area (Å²) in [7, 11) is 1.59. The second-order valence-electron chi connectivity index (χ2n) is 4.22. The van der Waals surface area contributed by atoms with Crippen molar-refractivity contribution in [2.75, 3.05) is 18.2 Å². The average molecular weight is 290 g/mol. The predicted octanol–water partition coefficient (Wildman–Crippen LogP) is 3.82. The SMILES string of the molecule is COc1ccc(Cl)c(Nc2nc3ccc(N)cc3o2)c1. The second-order valence-corrected chi connectivity index (χ2v) is 4.62. The molecule has 3 aromatic rings. The van der Waals surface area contributed by atoms with E-state index < -0.39 is 0 Å². The average Bonchev–Trinajstić information content (AvgIpc) is 2.82. The molecule has 0 amide bonds. The van der Waals surface area contributed by atoms with Crippen LogP contribution in [-0.4, -0.2) is 12.1 Å². The van der Waals surface area contributed by atoms with E-state index in [4.69, 9.17) is 26.5 Å². The highest BCUT2D eigenvalue weighted by atomic mass is 35.5. The number of nitrogens with one attached hydrogen (secondary N) is 1. The van der Waals surface area contributed by atoms with Crippen LogP contribution in [0.5, 0.6) is 5.75 Å². The Hall–Kier alpha value is -2.40. The van der Waals surface area contributed by atoms with Gasteiger partial charge < -0.3 is 20.2 Å². The van der Waals surface area contributed by atoms with E-state index in [-0.39, 0.29) is 0 Å². The topological polar surface area (TPSA) is 73.3 Å². The Balaban J connectivity index is 1.96. The highest BCUT2D eigenvalue weighted by Crippen LogP contribution is 2.30. The molecule has 0 spiro atoms. The third kappa shape index (κ3) is 2.35. The van der Waals surface area contributed by atoms with Gasteiger partial charge in [-0.05, 0) is 24.3 Å². The van der Waals surface area contributed by atoms with Gasteiger partial charge in [-0.15, -0.1) is 0 Å². The lowest BCUT2D eigenvalue weighted by Crippen LogP contribution is -1.92. The second kappa shape index (κ2) is 4.94. The normalized spacial score (nSPS) is 10.7. The monoisotopic (exact) mass is 289 g/mol. The first-order valence-electron chi connectivity index (χ1n) is 5.92. The Kier molecular flexibility index (Phi) is 3.12. The largest absolute Gasteiger partial charge is 0.497 e. The zero-order valence-electron chi connectivity index (χ0n) is 10.7. The molecule has 0 aliphatic carbocycles. The van der Waals surface area contributed by atoms with Gasteiger partial charge in [-0.2, -0.15) is 4.98 Å². The van der Waals surface area contributed by atoms with Gasteiger partial charge in [0.2, 0.25) is 0 Å². The smallest absolute Gasteiger partial charge is 0.300 e. The maximum atomic E-state index is 6.12. The molecule has 0 saturated carbocycles. The number of nitrogens with two attached hydrogens (primary N) is 1. The van der Waals surface area contributed by atoms with Gasteiger partial charge in [0.15, 0.2) is 5.58 Å². The van der Waals surface area contributed by atoms with Gasteiger partial charge in [-0.1, -0.05) is 11.6 Å². The fourth-order valence-electron chi connectivity index (χ4n) is 1.84. The highest BCUT2D eigenvalue weighted by molar-refractivity contribution is 6.33. The first kappa shape index (κ1) is 12.6. The summed E-state index contributed by atoms with van der Waals surface area (Å²) in [4.78, 5) is 4.31. The minimum atomic E-state index is 0.348. The maximum absolute atomic E-state index is 6.12. The number of benzene rings is 2. The quantitative estimate of drug-likeness (QED) is 0.717. The van der Waals surface area contributed by atoms with Gasteiger partial charge in [0.1, 0.15) is 11.3 Å². The van der Waals surface area contributed by atoms with E-state index in [0.717, 1.165) is 5.52 Å². The van der Waals surface area contributed by atoms with Crippen molar-refractivity contribution in [2.45, 2.75) is 0 Å². The number of hydrogen-bond donors (Lipinski definition) is 2. The van der Waals surface area contributed by atoms with Crippen LogP contribution in [0, 0.1) is 0 Å².